The topological polar surface area (TPSA) is 100 Å². The van der Waals surface area contributed by atoms with Crippen LogP contribution in [0.4, 0.5) is 0 Å². The summed E-state index contributed by atoms with van der Waals surface area (Å²) in [6.45, 7) is 4.14. The largest absolute Gasteiger partial charge is 0.481 e. The Balaban J connectivity index is 1.72. The average molecular weight is 293 g/mol. The number of hydrogen-bond acceptors (Lipinski definition) is 5. The maximum Gasteiger partial charge on any atom is 0.311 e. The third-order valence-corrected chi connectivity index (χ3v) is 4.36. The van der Waals surface area contributed by atoms with Crippen LogP contribution in [-0.4, -0.2) is 63.1 Å². The average Bonchev–Trinajstić information content (AvgIpc) is 2.85. The lowest BCUT2D eigenvalue weighted by atomic mass is 9.82. The van der Waals surface area contributed by atoms with Crippen LogP contribution < -0.4 is 5.32 Å². The lowest BCUT2D eigenvalue weighted by molar-refractivity contribution is -0.150. The molecule has 8 nitrogen and oxygen atoms in total. The third kappa shape index (κ3) is 2.51. The summed E-state index contributed by atoms with van der Waals surface area (Å²) in [5.74, 6) is -1.09. The number of hydrogen-bond donors (Lipinski definition) is 2. The second kappa shape index (κ2) is 5.10. The van der Waals surface area contributed by atoms with Crippen LogP contribution in [0.1, 0.15) is 36.3 Å². The van der Waals surface area contributed by atoms with E-state index in [2.05, 4.69) is 15.6 Å². The minimum Gasteiger partial charge on any atom is -0.481 e. The molecule has 0 aromatic carbocycles. The molecule has 8 heteroatoms. The first-order valence-electron chi connectivity index (χ1n) is 7.15. The minimum absolute atomic E-state index is 0.221. The molecular formula is C13H19N5O3. The molecule has 0 spiro atoms. The van der Waals surface area contributed by atoms with Gasteiger partial charge in [-0.2, -0.15) is 0 Å². The number of carbonyl (C=O) groups excluding carboxylic acids is 1. The van der Waals surface area contributed by atoms with Gasteiger partial charge in [0.15, 0.2) is 5.69 Å². The number of carboxylic acids is 1. The predicted molar refractivity (Wildman–Crippen MR) is 72.8 cm³/mol. The Morgan fingerprint density at radius 2 is 2.24 bits per heavy atom. The smallest absolute Gasteiger partial charge is 0.311 e. The first-order chi connectivity index (χ1) is 9.99. The van der Waals surface area contributed by atoms with Crippen molar-refractivity contribution < 1.29 is 14.7 Å². The van der Waals surface area contributed by atoms with Gasteiger partial charge >= 0.3 is 5.97 Å². The highest BCUT2D eigenvalue weighted by Crippen LogP contribution is 2.30. The van der Waals surface area contributed by atoms with E-state index in [1.54, 1.807) is 22.7 Å². The SMILES string of the molecule is CC1(C(=O)O)CCCN(C(=O)c2cn(C3CNC3)nn2)C1. The standard InChI is InChI=1S/C13H19N5O3/c1-13(12(20)21)3-2-4-17(8-13)11(19)10-7-18(16-15-10)9-5-14-6-9/h7,9,14H,2-6,8H2,1H3,(H,20,21). The molecule has 0 bridgehead atoms. The molecule has 3 rings (SSSR count). The van der Waals surface area contributed by atoms with Crippen molar-refractivity contribution in [3.05, 3.63) is 11.9 Å². The van der Waals surface area contributed by atoms with Crippen molar-refractivity contribution >= 4 is 11.9 Å². The van der Waals surface area contributed by atoms with Gasteiger partial charge in [0.25, 0.3) is 5.91 Å². The molecule has 2 saturated heterocycles. The van der Waals surface area contributed by atoms with Crippen molar-refractivity contribution in [1.82, 2.24) is 25.2 Å². The Morgan fingerprint density at radius 1 is 1.48 bits per heavy atom. The van der Waals surface area contributed by atoms with Gasteiger partial charge in [0.1, 0.15) is 0 Å². The number of carboxylic acid groups (broad SMARTS) is 1. The number of amides is 1. The molecule has 3 heterocycles. The van der Waals surface area contributed by atoms with Gasteiger partial charge in [-0.3, -0.25) is 9.59 Å². The fourth-order valence-electron chi connectivity index (χ4n) is 2.76. The lowest BCUT2D eigenvalue weighted by Gasteiger charge is -2.37. The van der Waals surface area contributed by atoms with E-state index in [0.29, 0.717) is 19.4 Å². The first-order valence-corrected chi connectivity index (χ1v) is 7.15. The molecule has 114 valence electrons. The number of aromatic nitrogens is 3. The zero-order chi connectivity index (χ0) is 15.0. The molecule has 2 aliphatic heterocycles. The van der Waals surface area contributed by atoms with E-state index in [0.717, 1.165) is 13.1 Å². The molecule has 0 aliphatic carbocycles. The number of nitrogens with zero attached hydrogens (tertiary/aromatic N) is 4. The molecule has 2 aliphatic rings. The first kappa shape index (κ1) is 14.0. The normalized spacial score (nSPS) is 26.4. The predicted octanol–water partition coefficient (Wildman–Crippen LogP) is -0.251. The summed E-state index contributed by atoms with van der Waals surface area (Å²) in [4.78, 5) is 25.4. The van der Waals surface area contributed by atoms with Gasteiger partial charge in [-0.1, -0.05) is 5.21 Å². The summed E-state index contributed by atoms with van der Waals surface area (Å²) in [5, 5.41) is 20.4. The van der Waals surface area contributed by atoms with E-state index >= 15 is 0 Å². The van der Waals surface area contributed by atoms with Crippen LogP contribution in [0.2, 0.25) is 0 Å². The Hall–Kier alpha value is -1.96. The van der Waals surface area contributed by atoms with E-state index in [1.165, 1.54) is 0 Å². The van der Waals surface area contributed by atoms with Crippen LogP contribution in [0.25, 0.3) is 0 Å². The van der Waals surface area contributed by atoms with E-state index in [4.69, 9.17) is 0 Å². The number of likely N-dealkylation sites (tertiary alicyclic amines) is 1. The second-order valence-electron chi connectivity index (χ2n) is 6.09. The van der Waals surface area contributed by atoms with Gasteiger partial charge in [0, 0.05) is 26.2 Å². The van der Waals surface area contributed by atoms with E-state index in [1.807, 2.05) is 0 Å². The van der Waals surface area contributed by atoms with Crippen molar-refractivity contribution in [3.63, 3.8) is 0 Å². The van der Waals surface area contributed by atoms with Crippen molar-refractivity contribution in [2.75, 3.05) is 26.2 Å². The summed E-state index contributed by atoms with van der Waals surface area (Å²) in [5.41, 5.74) is -0.585. The van der Waals surface area contributed by atoms with Crippen molar-refractivity contribution in [1.29, 1.82) is 0 Å². The van der Waals surface area contributed by atoms with Gasteiger partial charge in [0.2, 0.25) is 0 Å². The van der Waals surface area contributed by atoms with Crippen LogP contribution in [-0.2, 0) is 4.79 Å². The summed E-state index contributed by atoms with van der Waals surface area (Å²) >= 11 is 0. The third-order valence-electron chi connectivity index (χ3n) is 4.36. The van der Waals surface area contributed by atoms with Crippen LogP contribution >= 0.6 is 0 Å². The maximum atomic E-state index is 12.5. The van der Waals surface area contributed by atoms with Crippen molar-refractivity contribution in [3.8, 4) is 0 Å². The summed E-state index contributed by atoms with van der Waals surface area (Å²) in [7, 11) is 0. The van der Waals surface area contributed by atoms with Crippen LogP contribution in [0.5, 0.6) is 0 Å². The van der Waals surface area contributed by atoms with Gasteiger partial charge in [-0.25, -0.2) is 4.68 Å². The van der Waals surface area contributed by atoms with Gasteiger partial charge < -0.3 is 15.3 Å². The molecule has 1 unspecified atom stereocenters. The Kier molecular flexibility index (Phi) is 3.40. The summed E-state index contributed by atoms with van der Waals surface area (Å²) < 4.78 is 1.70. The summed E-state index contributed by atoms with van der Waals surface area (Å²) in [6.07, 6.45) is 2.93. The number of piperidine rings is 1. The highest BCUT2D eigenvalue weighted by molar-refractivity contribution is 5.92. The van der Waals surface area contributed by atoms with E-state index < -0.39 is 11.4 Å². The molecular weight excluding hydrogens is 274 g/mol. The fourth-order valence-corrected chi connectivity index (χ4v) is 2.76. The second-order valence-corrected chi connectivity index (χ2v) is 6.09. The molecule has 2 fully saturated rings. The molecule has 0 radical (unpaired) electrons. The molecule has 21 heavy (non-hydrogen) atoms. The zero-order valence-electron chi connectivity index (χ0n) is 11.9. The number of carbonyl (C=O) groups is 2. The molecule has 1 atom stereocenters. The Labute approximate surface area is 122 Å². The fraction of sp³-hybridized carbons (Fsp3) is 0.692. The number of nitrogens with one attached hydrogen (secondary N) is 1. The molecule has 1 amide bonds. The quantitative estimate of drug-likeness (QED) is 0.797. The van der Waals surface area contributed by atoms with Crippen LogP contribution in [0.3, 0.4) is 0 Å². The van der Waals surface area contributed by atoms with Crippen molar-refractivity contribution in [2.24, 2.45) is 5.41 Å². The summed E-state index contributed by atoms with van der Waals surface area (Å²) in [6, 6.07) is 0.254. The highest BCUT2D eigenvalue weighted by atomic mass is 16.4. The monoisotopic (exact) mass is 293 g/mol. The molecule has 0 saturated carbocycles. The van der Waals surface area contributed by atoms with Gasteiger partial charge in [0.05, 0.1) is 17.7 Å². The Bertz CT molecular complexity index is 568. The molecule has 2 N–H and O–H groups in total. The molecule has 1 aromatic rings. The van der Waals surface area contributed by atoms with E-state index in [9.17, 15) is 14.7 Å². The zero-order valence-corrected chi connectivity index (χ0v) is 11.9. The Morgan fingerprint density at radius 3 is 2.86 bits per heavy atom. The van der Waals surface area contributed by atoms with Crippen molar-refractivity contribution in [2.45, 2.75) is 25.8 Å². The van der Waals surface area contributed by atoms with Gasteiger partial charge in [-0.15, -0.1) is 5.10 Å². The number of rotatable bonds is 3. The highest BCUT2D eigenvalue weighted by Gasteiger charge is 2.40. The van der Waals surface area contributed by atoms with Gasteiger partial charge in [-0.05, 0) is 19.8 Å². The van der Waals surface area contributed by atoms with Crippen LogP contribution in [0, 0.1) is 5.41 Å². The molecule has 1 aromatic heterocycles. The lowest BCUT2D eigenvalue weighted by Crippen LogP contribution is -2.48. The maximum absolute atomic E-state index is 12.5. The van der Waals surface area contributed by atoms with E-state index in [-0.39, 0.29) is 24.2 Å². The van der Waals surface area contributed by atoms with Crippen LogP contribution in [0.15, 0.2) is 6.20 Å². The minimum atomic E-state index is -0.873. The number of aliphatic carboxylic acids is 1.